The van der Waals surface area contributed by atoms with Gasteiger partial charge in [-0.3, -0.25) is 9.59 Å². The first-order valence-corrected chi connectivity index (χ1v) is 31.8. The molecular formula is C66H76N4O2S4. The van der Waals surface area contributed by atoms with Gasteiger partial charge in [0.2, 0.25) is 0 Å². The number of thiophene rings is 4. The number of fused-ring (bicyclic) bond motifs is 2. The van der Waals surface area contributed by atoms with Crippen molar-refractivity contribution >= 4 is 103 Å². The van der Waals surface area contributed by atoms with E-state index in [1.807, 2.05) is 57.0 Å². The highest BCUT2D eigenvalue weighted by Crippen LogP contribution is 2.51. The van der Waals surface area contributed by atoms with Gasteiger partial charge < -0.3 is 9.80 Å². The summed E-state index contributed by atoms with van der Waals surface area (Å²) in [5, 5.41) is 24.5. The Hall–Kier alpha value is -5.62. The van der Waals surface area contributed by atoms with Gasteiger partial charge in [-0.05, 0) is 132 Å². The Labute approximate surface area is 470 Å². The third-order valence-electron chi connectivity index (χ3n) is 15.4. The Bertz CT molecular complexity index is 2910. The number of rotatable bonds is 28. The minimum atomic E-state index is -0.0901. The summed E-state index contributed by atoms with van der Waals surface area (Å²) in [5.41, 5.74) is 10.4. The molecule has 4 aromatic heterocycles. The van der Waals surface area contributed by atoms with E-state index in [0.29, 0.717) is 47.2 Å². The minimum absolute atomic E-state index is 0.0901. The number of benzene rings is 2. The van der Waals surface area contributed by atoms with Crippen LogP contribution in [0.5, 0.6) is 0 Å². The van der Waals surface area contributed by atoms with E-state index in [2.05, 4.69) is 102 Å². The first-order chi connectivity index (χ1) is 37.2. The molecule has 10 heteroatoms. The second-order valence-corrected chi connectivity index (χ2v) is 24.9. The van der Waals surface area contributed by atoms with Gasteiger partial charge in [0.25, 0.3) is 11.8 Å². The molecule has 0 aliphatic carbocycles. The van der Waals surface area contributed by atoms with Crippen molar-refractivity contribution in [2.45, 2.75) is 157 Å². The molecule has 6 nitrogen and oxygen atoms in total. The fraction of sp³-hybridized carbons (Fsp3) is 0.424. The van der Waals surface area contributed by atoms with Crippen molar-refractivity contribution in [2.75, 3.05) is 22.9 Å². The number of allylic oxidation sites excluding steroid dienone is 2. The number of nitriles is 2. The molecule has 0 radical (unpaired) electrons. The Morgan fingerprint density at radius 1 is 0.539 bits per heavy atom. The number of unbranched alkanes of at least 4 members (excludes halogenated alkanes) is 8. The maximum Gasteiger partial charge on any atom is 0.259 e. The van der Waals surface area contributed by atoms with Crippen LogP contribution in [0.25, 0.3) is 55.3 Å². The maximum absolute atomic E-state index is 15.7. The number of amides is 2. The summed E-state index contributed by atoms with van der Waals surface area (Å²) in [7, 11) is 0. The van der Waals surface area contributed by atoms with Gasteiger partial charge in [-0.2, -0.15) is 10.5 Å². The zero-order valence-electron chi connectivity index (χ0n) is 45.8. The van der Waals surface area contributed by atoms with Crippen LogP contribution in [0, 0.1) is 34.5 Å². The van der Waals surface area contributed by atoms with Gasteiger partial charge in [-0.1, -0.05) is 155 Å². The molecule has 0 spiro atoms. The first-order valence-electron chi connectivity index (χ1n) is 28.4. The molecule has 0 saturated carbocycles. The Morgan fingerprint density at radius 3 is 1.32 bits per heavy atom. The highest BCUT2D eigenvalue weighted by molar-refractivity contribution is 7.17. The van der Waals surface area contributed by atoms with Crippen LogP contribution in [-0.2, 0) is 22.4 Å². The summed E-state index contributed by atoms with van der Waals surface area (Å²) < 4.78 is 0. The van der Waals surface area contributed by atoms with Crippen LogP contribution in [0.2, 0.25) is 0 Å². The third kappa shape index (κ3) is 13.0. The quantitative estimate of drug-likeness (QED) is 0.0278. The lowest BCUT2D eigenvalue weighted by Gasteiger charge is -2.24. The summed E-state index contributed by atoms with van der Waals surface area (Å²) in [6, 6.07) is 30.5. The summed E-state index contributed by atoms with van der Waals surface area (Å²) in [4.78, 5) is 41.7. The van der Waals surface area contributed by atoms with Crippen LogP contribution < -0.4 is 9.80 Å². The second kappa shape index (κ2) is 27.6. The normalized spacial score (nSPS) is 15.4. The number of hydrogen-bond donors (Lipinski definition) is 0. The summed E-state index contributed by atoms with van der Waals surface area (Å²) in [6.45, 7) is 14.6. The van der Waals surface area contributed by atoms with E-state index in [0.717, 1.165) is 143 Å². The predicted molar refractivity (Wildman–Crippen MR) is 329 cm³/mol. The average molecular weight is 1090 g/mol. The minimum Gasteiger partial charge on any atom is -0.307 e. The molecule has 2 atom stereocenters. The lowest BCUT2D eigenvalue weighted by atomic mass is 9.94. The molecule has 0 N–H and O–H groups in total. The number of anilines is 2. The average Bonchev–Trinajstić information content (AvgIpc) is 4.33. The molecular weight excluding hydrogens is 1010 g/mol. The van der Waals surface area contributed by atoms with Crippen molar-refractivity contribution in [1.29, 1.82) is 10.5 Å². The van der Waals surface area contributed by atoms with E-state index in [1.165, 1.54) is 46.6 Å². The van der Waals surface area contributed by atoms with E-state index in [-0.39, 0.29) is 11.8 Å². The largest absolute Gasteiger partial charge is 0.307 e. The van der Waals surface area contributed by atoms with Gasteiger partial charge in [-0.25, -0.2) is 0 Å². The Kier molecular flexibility index (Phi) is 20.6. The predicted octanol–water partition coefficient (Wildman–Crippen LogP) is 19.7. The molecule has 2 aromatic carbocycles. The van der Waals surface area contributed by atoms with Gasteiger partial charge in [0.15, 0.2) is 0 Å². The van der Waals surface area contributed by atoms with Crippen LogP contribution in [0.4, 0.5) is 11.4 Å². The molecule has 76 heavy (non-hydrogen) atoms. The SMILES string of the molecule is CCCCCCc1cc(/C=C(\C#N)c2cccs2)sc1-c1ccc2c(c1)N(CC(CC)CCCC)C(=O)/C2=C1/C(=O)N(CC(CC)CCCC)c2cc(-c3sc(/C=C(\C#N)c4cccs4)cc3CCCCCC)ccc21. The van der Waals surface area contributed by atoms with Crippen LogP contribution in [0.3, 0.4) is 0 Å². The topological polar surface area (TPSA) is 88.2 Å². The van der Waals surface area contributed by atoms with Crippen molar-refractivity contribution < 1.29 is 9.59 Å². The molecule has 0 saturated heterocycles. The number of aryl methyl sites for hydroxylation is 2. The fourth-order valence-electron chi connectivity index (χ4n) is 11.0. The highest BCUT2D eigenvalue weighted by atomic mass is 32.1. The summed E-state index contributed by atoms with van der Waals surface area (Å²) >= 11 is 6.61. The molecule has 6 aromatic rings. The van der Waals surface area contributed by atoms with Crippen LogP contribution in [0.15, 0.2) is 83.6 Å². The summed E-state index contributed by atoms with van der Waals surface area (Å²) in [6.07, 6.45) is 23.5. The van der Waals surface area contributed by atoms with Gasteiger partial charge in [0, 0.05) is 53.5 Å². The number of nitrogens with zero attached hydrogens (tertiary/aromatic N) is 4. The van der Waals surface area contributed by atoms with Crippen molar-refractivity contribution in [3.8, 4) is 33.0 Å². The van der Waals surface area contributed by atoms with Crippen LogP contribution >= 0.6 is 45.3 Å². The molecule has 2 aliphatic heterocycles. The lowest BCUT2D eigenvalue weighted by Crippen LogP contribution is -2.34. The molecule has 0 fully saturated rings. The highest BCUT2D eigenvalue weighted by Gasteiger charge is 2.43. The van der Waals surface area contributed by atoms with Crippen LogP contribution in [0.1, 0.15) is 186 Å². The van der Waals surface area contributed by atoms with Gasteiger partial charge in [-0.15, -0.1) is 45.3 Å². The second-order valence-electron chi connectivity index (χ2n) is 20.8. The van der Waals surface area contributed by atoms with E-state index >= 15 is 9.59 Å². The monoisotopic (exact) mass is 1080 g/mol. The van der Waals surface area contributed by atoms with Gasteiger partial charge in [0.1, 0.15) is 12.1 Å². The van der Waals surface area contributed by atoms with Gasteiger partial charge >= 0.3 is 0 Å². The molecule has 2 unspecified atom stereocenters. The number of carbonyl (C=O) groups is 2. The fourth-order valence-corrected chi connectivity index (χ4v) is 14.7. The molecule has 396 valence electrons. The van der Waals surface area contributed by atoms with E-state index in [9.17, 15) is 10.5 Å². The third-order valence-corrected chi connectivity index (χ3v) is 19.6. The Balaban J connectivity index is 1.28. The van der Waals surface area contributed by atoms with Crippen molar-refractivity contribution in [3.63, 3.8) is 0 Å². The van der Waals surface area contributed by atoms with E-state index in [4.69, 9.17) is 0 Å². The van der Waals surface area contributed by atoms with Crippen molar-refractivity contribution in [3.05, 3.63) is 125 Å². The maximum atomic E-state index is 15.7. The standard InChI is InChI=1S/C66H76N4O2S4/c1-7-13-17-19-25-47-35-53(37-51(41-67)59-27-21-33-73-59)75-63(47)49-29-31-55-57(39-49)69(43-45(11-5)23-15-9-3)65(71)61(55)62-56-32-30-50(40-58(56)70(66(62)72)44-46(12-6)24-16-10-4)64-48(26-20-18-14-8-2)36-54(76-64)38-52(42-68)60-28-22-34-74-60/h21-22,27-40,45-46H,7-20,23-26,43-44H2,1-6H3/b51-37+,52-38+,62-61+. The molecule has 0 bridgehead atoms. The Morgan fingerprint density at radius 2 is 0.961 bits per heavy atom. The van der Waals surface area contributed by atoms with Gasteiger partial charge in [0.05, 0.1) is 33.7 Å². The van der Waals surface area contributed by atoms with E-state index < -0.39 is 0 Å². The molecule has 2 aliphatic rings. The van der Waals surface area contributed by atoms with Crippen molar-refractivity contribution in [2.24, 2.45) is 11.8 Å². The molecule has 8 rings (SSSR count). The molecule has 6 heterocycles. The summed E-state index contributed by atoms with van der Waals surface area (Å²) in [5.74, 6) is 0.440. The lowest BCUT2D eigenvalue weighted by molar-refractivity contribution is -0.114. The van der Waals surface area contributed by atoms with E-state index in [1.54, 1.807) is 45.3 Å². The molecule has 2 amide bonds. The number of carbonyl (C=O) groups excluding carboxylic acids is 2. The number of hydrogen-bond acceptors (Lipinski definition) is 8. The first kappa shape index (κ1) is 56.6. The van der Waals surface area contributed by atoms with Crippen LogP contribution in [-0.4, -0.2) is 24.9 Å². The van der Waals surface area contributed by atoms with Crippen molar-refractivity contribution in [1.82, 2.24) is 0 Å². The smallest absolute Gasteiger partial charge is 0.259 e. The zero-order valence-corrected chi connectivity index (χ0v) is 49.0. The zero-order chi connectivity index (χ0) is 53.6.